The average molecular weight is 765 g/mol. The van der Waals surface area contributed by atoms with Gasteiger partial charge in [-0.1, -0.05) is 47.6 Å². The van der Waals surface area contributed by atoms with Gasteiger partial charge in [0, 0.05) is 34.1 Å². The molecule has 0 aromatic heterocycles. The number of ether oxygens (including phenoxy) is 6. The second-order valence-corrected chi connectivity index (χ2v) is 22.0. The number of hydrogen-bond acceptors (Lipinski definition) is 11. The molecule has 50 heavy (non-hydrogen) atoms. The van der Waals surface area contributed by atoms with E-state index < -0.39 is 46.0 Å². The van der Waals surface area contributed by atoms with Crippen LogP contribution in [0.4, 0.5) is 13.2 Å². The van der Waals surface area contributed by atoms with E-state index in [1.165, 1.54) is 13.2 Å². The van der Waals surface area contributed by atoms with Gasteiger partial charge in [-0.05, 0) is 18.2 Å². The highest BCUT2D eigenvalue weighted by Crippen LogP contribution is 2.65. The second kappa shape index (κ2) is 13.5. The highest BCUT2D eigenvalue weighted by atomic mass is 32.2. The van der Waals surface area contributed by atoms with Crippen LogP contribution in [0.1, 0.15) is 41.5 Å². The third-order valence-corrected chi connectivity index (χ3v) is 17.0. The lowest BCUT2D eigenvalue weighted by Crippen LogP contribution is -2.30. The Bertz CT molecular complexity index is 1960. The molecule has 0 radical (unpaired) electrons. The van der Waals surface area contributed by atoms with Crippen molar-refractivity contribution in [3.8, 4) is 51.4 Å². The van der Waals surface area contributed by atoms with Gasteiger partial charge in [0.25, 0.3) is 0 Å². The van der Waals surface area contributed by atoms with Crippen LogP contribution >= 0.6 is 14.3 Å². The minimum absolute atomic E-state index is 0.0139. The van der Waals surface area contributed by atoms with Crippen molar-refractivity contribution >= 4 is 35.0 Å². The van der Waals surface area contributed by atoms with Crippen molar-refractivity contribution < 1.29 is 63.3 Å². The van der Waals surface area contributed by atoms with Gasteiger partial charge in [0.2, 0.25) is 0 Å². The van der Waals surface area contributed by atoms with Crippen molar-refractivity contribution in [2.75, 3.05) is 41.1 Å². The molecule has 2 aliphatic heterocycles. The predicted molar refractivity (Wildman–Crippen MR) is 185 cm³/mol. The molecule has 5 rings (SSSR count). The highest BCUT2D eigenvalue weighted by molar-refractivity contribution is 7.88. The Labute approximate surface area is 290 Å². The Kier molecular flexibility index (Phi) is 10.6. The zero-order chi connectivity index (χ0) is 37.7. The molecular formula is C33H41F3O11P2S. The van der Waals surface area contributed by atoms with E-state index in [9.17, 15) is 30.7 Å². The van der Waals surface area contributed by atoms with Gasteiger partial charge < -0.3 is 41.7 Å². The van der Waals surface area contributed by atoms with Crippen molar-refractivity contribution in [2.45, 2.75) is 57.4 Å². The molecular weight excluding hydrogens is 723 g/mol. The molecule has 0 saturated carbocycles. The van der Waals surface area contributed by atoms with Crippen LogP contribution in [0.25, 0.3) is 11.1 Å². The molecule has 0 saturated heterocycles. The van der Waals surface area contributed by atoms with Crippen LogP contribution in [0, 0.1) is 0 Å². The number of halogens is 3. The van der Waals surface area contributed by atoms with Crippen LogP contribution in [-0.2, 0) is 19.2 Å². The number of methoxy groups -OCH3 is 4. The van der Waals surface area contributed by atoms with E-state index in [0.29, 0.717) is 23.0 Å². The fourth-order valence-corrected chi connectivity index (χ4v) is 10.9. The first-order chi connectivity index (χ1) is 23.0. The van der Waals surface area contributed by atoms with E-state index in [4.69, 9.17) is 28.4 Å². The minimum atomic E-state index is -5.93. The molecule has 2 aliphatic rings. The van der Waals surface area contributed by atoms with Crippen LogP contribution in [0.5, 0.6) is 40.2 Å². The van der Waals surface area contributed by atoms with Gasteiger partial charge in [-0.15, -0.1) is 0 Å². The Hall–Kier alpha value is -3.54. The lowest BCUT2D eigenvalue weighted by molar-refractivity contribution is -0.0499. The molecule has 0 aliphatic carbocycles. The smallest absolute Gasteiger partial charge is 0.497 e. The third-order valence-electron chi connectivity index (χ3n) is 8.41. The van der Waals surface area contributed by atoms with E-state index in [1.807, 2.05) is 45.0 Å². The summed E-state index contributed by atoms with van der Waals surface area (Å²) in [6.07, 6.45) is -0.0785. The fraction of sp³-hybridized carbons (Fsp3) is 0.455. The Morgan fingerprint density at radius 3 is 1.52 bits per heavy atom. The Morgan fingerprint density at radius 1 is 0.660 bits per heavy atom. The molecule has 0 amide bonds. The molecule has 0 bridgehead atoms. The summed E-state index contributed by atoms with van der Waals surface area (Å²) in [5, 5.41) is -0.735. The standard InChI is InChI=1S/C20H25O5P.C13H16F3O6PS/c1-20(2,3)26(21)12-25-17-11-13(22-4)10-14(19(17)26)18-15(23-5)8-7-9-16(18)24-6;1-12(2,3)23(17)7-21-9-5-8(20-4)6-10(11(9)23)22-24(18,19)13(14,15)16/h7-11H,12H2,1-6H3;5-6H,7H2,1-4H3. The number of hydrogen-bond donors (Lipinski definition) is 0. The molecule has 3 aromatic carbocycles. The average Bonchev–Trinajstić information content (AvgIpc) is 3.58. The van der Waals surface area contributed by atoms with Crippen LogP contribution in [-0.4, -0.2) is 65.4 Å². The van der Waals surface area contributed by atoms with Crippen LogP contribution in [0.2, 0.25) is 0 Å². The van der Waals surface area contributed by atoms with Gasteiger partial charge in [-0.2, -0.15) is 21.6 Å². The van der Waals surface area contributed by atoms with Gasteiger partial charge in [0.1, 0.15) is 52.5 Å². The summed E-state index contributed by atoms with van der Waals surface area (Å²) in [6, 6.07) is 11.5. The molecule has 2 atom stereocenters. The monoisotopic (exact) mass is 764 g/mol. The van der Waals surface area contributed by atoms with Crippen LogP contribution < -0.4 is 43.2 Å². The molecule has 0 spiro atoms. The van der Waals surface area contributed by atoms with E-state index in [2.05, 4.69) is 4.18 Å². The van der Waals surface area contributed by atoms with E-state index in [1.54, 1.807) is 48.2 Å². The number of rotatable bonds is 7. The maximum Gasteiger partial charge on any atom is 0.534 e. The summed E-state index contributed by atoms with van der Waals surface area (Å²) in [6.45, 7) is 10.8. The summed E-state index contributed by atoms with van der Waals surface area (Å²) >= 11 is 0. The molecule has 2 unspecified atom stereocenters. The SMILES string of the molecule is COc1cc2c(c(-c3c(OC)cccc3OC)c1)P(=O)(C(C)(C)C)CO2.COc1cc2c(c(OS(=O)(=O)C(F)(F)F)c1)P(=O)(C(C)(C)C)CO2. The van der Waals surface area contributed by atoms with Crippen molar-refractivity contribution in [3.63, 3.8) is 0 Å². The van der Waals surface area contributed by atoms with Gasteiger partial charge in [-0.3, -0.25) is 0 Å². The third kappa shape index (κ3) is 6.88. The fourth-order valence-electron chi connectivity index (χ4n) is 5.37. The summed E-state index contributed by atoms with van der Waals surface area (Å²) in [4.78, 5) is 0. The minimum Gasteiger partial charge on any atom is -0.497 e. The van der Waals surface area contributed by atoms with Gasteiger partial charge in [0.05, 0.1) is 39.3 Å². The first kappa shape index (κ1) is 39.2. The summed E-state index contributed by atoms with van der Waals surface area (Å²) < 4.78 is 125. The van der Waals surface area contributed by atoms with Crippen molar-refractivity contribution in [1.82, 2.24) is 0 Å². The Morgan fingerprint density at radius 2 is 1.10 bits per heavy atom. The van der Waals surface area contributed by atoms with Crippen molar-refractivity contribution in [3.05, 3.63) is 42.5 Å². The number of benzene rings is 3. The van der Waals surface area contributed by atoms with Crippen LogP contribution in [0.3, 0.4) is 0 Å². The topological polar surface area (TPSA) is 133 Å². The van der Waals surface area contributed by atoms with E-state index in [-0.39, 0.29) is 29.5 Å². The summed E-state index contributed by atoms with van der Waals surface area (Å²) in [5.74, 6) is 1.83. The molecule has 0 N–H and O–H groups in total. The van der Waals surface area contributed by atoms with Crippen molar-refractivity contribution in [2.24, 2.45) is 0 Å². The van der Waals surface area contributed by atoms with Gasteiger partial charge in [0.15, 0.2) is 20.0 Å². The first-order valence-corrected chi connectivity index (χ1v) is 20.3. The quantitative estimate of drug-likeness (QED) is 0.134. The van der Waals surface area contributed by atoms with E-state index >= 15 is 0 Å². The van der Waals surface area contributed by atoms with Crippen molar-refractivity contribution in [1.29, 1.82) is 0 Å². The lowest BCUT2D eigenvalue weighted by atomic mass is 10.0. The summed E-state index contributed by atoms with van der Waals surface area (Å²) in [7, 11) is -6.08. The number of fused-ring (bicyclic) bond motifs is 2. The lowest BCUT2D eigenvalue weighted by Gasteiger charge is -2.28. The van der Waals surface area contributed by atoms with E-state index in [0.717, 1.165) is 22.5 Å². The summed E-state index contributed by atoms with van der Waals surface area (Å²) in [5.41, 5.74) is -4.10. The molecule has 276 valence electrons. The molecule has 2 heterocycles. The highest BCUT2D eigenvalue weighted by Gasteiger charge is 2.52. The molecule has 11 nitrogen and oxygen atoms in total. The zero-order valence-electron chi connectivity index (χ0n) is 29.4. The molecule has 17 heteroatoms. The first-order valence-electron chi connectivity index (χ1n) is 15.1. The largest absolute Gasteiger partial charge is 0.534 e. The Balaban J connectivity index is 0.000000226. The number of alkyl halides is 3. The predicted octanol–water partition coefficient (Wildman–Crippen LogP) is 7.58. The molecule has 0 fully saturated rings. The maximum absolute atomic E-state index is 14.0. The second-order valence-electron chi connectivity index (χ2n) is 13.4. The van der Waals surface area contributed by atoms with Gasteiger partial charge >= 0.3 is 15.6 Å². The van der Waals surface area contributed by atoms with Gasteiger partial charge in [-0.25, -0.2) is 0 Å². The normalized spacial score (nSPS) is 19.9. The molecule has 3 aromatic rings. The maximum atomic E-state index is 14.0. The van der Waals surface area contributed by atoms with Crippen LogP contribution in [0.15, 0.2) is 42.5 Å². The zero-order valence-corrected chi connectivity index (χ0v) is 32.0.